The van der Waals surface area contributed by atoms with Gasteiger partial charge in [0.05, 0.1) is 17.2 Å². The van der Waals surface area contributed by atoms with Crippen molar-refractivity contribution in [3.63, 3.8) is 0 Å². The highest BCUT2D eigenvalue weighted by molar-refractivity contribution is 6.32. The van der Waals surface area contributed by atoms with E-state index in [1.54, 1.807) is 6.08 Å². The van der Waals surface area contributed by atoms with Crippen LogP contribution in [0, 0.1) is 0 Å². The van der Waals surface area contributed by atoms with Crippen molar-refractivity contribution in [2.75, 3.05) is 14.1 Å². The van der Waals surface area contributed by atoms with E-state index >= 15 is 0 Å². The molecule has 0 aromatic rings. The first-order valence-electron chi connectivity index (χ1n) is 3.60. The topological polar surface area (TPSA) is 39.6 Å². The summed E-state index contributed by atoms with van der Waals surface area (Å²) >= 11 is 5.95. The fraction of sp³-hybridized carbons (Fsp3) is 0.375. The van der Waals surface area contributed by atoms with Gasteiger partial charge in [-0.15, -0.1) is 0 Å². The third kappa shape index (κ3) is 1.76. The van der Waals surface area contributed by atoms with E-state index in [0.29, 0.717) is 17.2 Å². The Morgan fingerprint density at radius 1 is 1.50 bits per heavy atom. The lowest BCUT2D eigenvalue weighted by molar-refractivity contribution is -0.00554. The van der Waals surface area contributed by atoms with Gasteiger partial charge in [-0.3, -0.25) is 0 Å². The molecular weight excluding hydrogens is 174 g/mol. The molecule has 0 unspecified atom stereocenters. The van der Waals surface area contributed by atoms with Crippen molar-refractivity contribution in [1.82, 2.24) is 4.90 Å². The van der Waals surface area contributed by atoms with E-state index in [1.807, 2.05) is 25.1 Å². The number of hydrogen-bond acceptors (Lipinski definition) is 1. The normalized spacial score (nSPS) is 16.4. The number of likely N-dealkylation sites (N-methyl/N-ethyl adjacent to an activating group) is 1. The molecule has 0 spiro atoms. The Hall–Kier alpha value is -1.05. The van der Waals surface area contributed by atoms with Crippen LogP contribution in [0.1, 0.15) is 6.42 Å². The van der Waals surface area contributed by atoms with E-state index in [9.17, 15) is 0 Å². The fourth-order valence-electron chi connectivity index (χ4n) is 1.03. The summed E-state index contributed by atoms with van der Waals surface area (Å²) in [5, 5.41) is 0.704. The minimum atomic E-state index is 0.502. The monoisotopic (exact) mass is 183 g/mol. The van der Waals surface area contributed by atoms with Crippen LogP contribution in [-0.2, 0) is 0 Å². The Kier molecular flexibility index (Phi) is 2.69. The van der Waals surface area contributed by atoms with E-state index in [1.165, 1.54) is 0 Å². The first kappa shape index (κ1) is 9.04. The van der Waals surface area contributed by atoms with Crippen LogP contribution in [0.4, 0.5) is 0 Å². The first-order chi connectivity index (χ1) is 5.65. The summed E-state index contributed by atoms with van der Waals surface area (Å²) in [6.07, 6.45) is 4.09. The van der Waals surface area contributed by atoms with Crippen molar-refractivity contribution in [2.24, 2.45) is 0 Å². The number of hydrogen-bond donors (Lipinski definition) is 0. The average Bonchev–Trinajstić information content (AvgIpc) is 2.03. The highest BCUT2D eigenvalue weighted by atomic mass is 35.5. The molecule has 0 aromatic heterocycles. The predicted octanol–water partition coefficient (Wildman–Crippen LogP) is 1.63. The molecule has 0 saturated carbocycles. The molecular formula is C8H10ClN3. The summed E-state index contributed by atoms with van der Waals surface area (Å²) < 4.78 is 0. The van der Waals surface area contributed by atoms with Crippen LogP contribution in [0.2, 0.25) is 0 Å². The Labute approximate surface area is 76.6 Å². The summed E-state index contributed by atoms with van der Waals surface area (Å²) in [5.41, 5.74) is 10.0. The molecule has 0 N–H and O–H groups in total. The van der Waals surface area contributed by atoms with Crippen LogP contribution in [0.5, 0.6) is 0 Å². The summed E-state index contributed by atoms with van der Waals surface area (Å²) in [7, 11) is 3.84. The molecule has 1 aliphatic rings. The van der Waals surface area contributed by atoms with E-state index in [-0.39, 0.29) is 0 Å². The van der Waals surface area contributed by atoms with E-state index in [2.05, 4.69) is 4.79 Å². The summed E-state index contributed by atoms with van der Waals surface area (Å²) in [6, 6.07) is 0. The third-order valence-corrected chi connectivity index (χ3v) is 1.99. The molecule has 0 amide bonds. The van der Waals surface area contributed by atoms with Gasteiger partial charge in [0.25, 0.3) is 5.71 Å². The molecule has 0 bridgehead atoms. The molecule has 0 heterocycles. The van der Waals surface area contributed by atoms with Crippen molar-refractivity contribution in [3.8, 4) is 0 Å². The maximum atomic E-state index is 8.48. The molecule has 4 heteroatoms. The Morgan fingerprint density at radius 2 is 2.17 bits per heavy atom. The van der Waals surface area contributed by atoms with Gasteiger partial charge < -0.3 is 10.4 Å². The molecule has 3 nitrogen and oxygen atoms in total. The lowest BCUT2D eigenvalue weighted by Gasteiger charge is -2.17. The molecule has 64 valence electrons. The molecule has 0 fully saturated rings. The van der Waals surface area contributed by atoms with Crippen molar-refractivity contribution >= 4 is 17.3 Å². The predicted molar refractivity (Wildman–Crippen MR) is 48.9 cm³/mol. The van der Waals surface area contributed by atoms with Gasteiger partial charge >= 0.3 is 0 Å². The molecule has 0 aliphatic heterocycles. The van der Waals surface area contributed by atoms with Crippen LogP contribution < -0.4 is 0 Å². The van der Waals surface area contributed by atoms with Crippen LogP contribution in [0.15, 0.2) is 22.9 Å². The van der Waals surface area contributed by atoms with Crippen LogP contribution in [0.25, 0.3) is 5.53 Å². The standard InChI is InChI=1S/C8H10ClN3/c1-12(2)8-4-3-6(11-10)5-7(8)9/h3-4H,5H2,1-2H3. The molecule has 0 atom stereocenters. The average molecular weight is 184 g/mol. The number of allylic oxidation sites excluding steroid dienone is 3. The molecule has 0 aromatic carbocycles. The van der Waals surface area contributed by atoms with Gasteiger partial charge in [-0.05, 0) is 6.08 Å². The second-order valence-corrected chi connectivity index (χ2v) is 3.24. The van der Waals surface area contributed by atoms with Crippen LogP contribution in [-0.4, -0.2) is 29.5 Å². The quantitative estimate of drug-likeness (QED) is 0.450. The maximum Gasteiger partial charge on any atom is 0.297 e. The molecule has 1 aliphatic carbocycles. The van der Waals surface area contributed by atoms with Crippen molar-refractivity contribution in [2.45, 2.75) is 6.42 Å². The number of halogens is 1. The van der Waals surface area contributed by atoms with E-state index in [0.717, 1.165) is 5.70 Å². The van der Waals surface area contributed by atoms with Gasteiger partial charge in [-0.2, -0.15) is 4.79 Å². The Balaban J connectivity index is 2.95. The second kappa shape index (κ2) is 3.57. The summed E-state index contributed by atoms with van der Waals surface area (Å²) in [5.74, 6) is 0. The zero-order chi connectivity index (χ0) is 9.14. The number of nitrogens with zero attached hydrogens (tertiary/aromatic N) is 3. The van der Waals surface area contributed by atoms with Gasteiger partial charge in [-0.1, -0.05) is 11.6 Å². The lowest BCUT2D eigenvalue weighted by atomic mass is 10.1. The Bertz CT molecular complexity index is 295. The first-order valence-corrected chi connectivity index (χ1v) is 3.98. The SMILES string of the molecule is CN(C)C1=C(Cl)CC(=[N+]=[N-])C=C1. The van der Waals surface area contributed by atoms with Gasteiger partial charge in [0.1, 0.15) is 0 Å². The molecule has 1 rings (SSSR count). The van der Waals surface area contributed by atoms with Crippen LogP contribution in [0.3, 0.4) is 0 Å². The van der Waals surface area contributed by atoms with Crippen molar-refractivity contribution in [3.05, 3.63) is 28.4 Å². The summed E-state index contributed by atoms with van der Waals surface area (Å²) in [6.45, 7) is 0. The maximum absolute atomic E-state index is 8.48. The minimum absolute atomic E-state index is 0.502. The molecule has 0 saturated heterocycles. The molecule has 12 heavy (non-hydrogen) atoms. The Morgan fingerprint density at radius 3 is 2.58 bits per heavy atom. The lowest BCUT2D eigenvalue weighted by Crippen LogP contribution is -2.15. The van der Waals surface area contributed by atoms with Crippen molar-refractivity contribution in [1.29, 1.82) is 0 Å². The van der Waals surface area contributed by atoms with E-state index in [4.69, 9.17) is 17.1 Å². The highest BCUT2D eigenvalue weighted by Gasteiger charge is 2.16. The zero-order valence-corrected chi connectivity index (χ0v) is 7.84. The van der Waals surface area contributed by atoms with E-state index < -0.39 is 0 Å². The fourth-order valence-corrected chi connectivity index (χ4v) is 1.40. The van der Waals surface area contributed by atoms with Crippen molar-refractivity contribution < 1.29 is 4.79 Å². The van der Waals surface area contributed by atoms with Gasteiger partial charge in [0.15, 0.2) is 0 Å². The highest BCUT2D eigenvalue weighted by Crippen LogP contribution is 2.21. The minimum Gasteiger partial charge on any atom is -0.377 e. The largest absolute Gasteiger partial charge is 0.377 e. The zero-order valence-electron chi connectivity index (χ0n) is 7.08. The smallest absolute Gasteiger partial charge is 0.297 e. The van der Waals surface area contributed by atoms with Crippen LogP contribution >= 0.6 is 11.6 Å². The third-order valence-electron chi connectivity index (χ3n) is 1.66. The van der Waals surface area contributed by atoms with Gasteiger partial charge in [0, 0.05) is 20.2 Å². The second-order valence-electron chi connectivity index (χ2n) is 2.79. The number of rotatable bonds is 1. The molecule has 0 radical (unpaired) electrons. The van der Waals surface area contributed by atoms with Gasteiger partial charge in [0.2, 0.25) is 0 Å². The summed E-state index contributed by atoms with van der Waals surface area (Å²) in [4.78, 5) is 5.01. The van der Waals surface area contributed by atoms with Gasteiger partial charge in [-0.25, -0.2) is 0 Å².